The molecule has 0 aliphatic heterocycles. The lowest BCUT2D eigenvalue weighted by molar-refractivity contribution is -0.165. The standard InChI is InChI=1S/C13H20O.C12H19NO.2C12H18O2.C11H15F3O.C10H14F3NO.2C10H13F3O2/c1-13(2,3)11-6-7-12(8-11)14-9-10-4-5-10;1-12(2,3)11-6-10(7-13-11)14-8-9-4-5-9;1-12(2,3)11-6-10(8-14-11)13-7-9-4-5-9;1-12(2,3)10-6-11(14-8-10)13-7-9-4-5-9;1-10(2,3)8-4-5-9(6-8)15-7-11(12,13)14;2*1-9(2,3)8-4-7(5-14-8)15-6-10(11,12)13;1-9(2,3)7-4-8(14-5-7)15-6-10(11,12)13/h6,8,10H,4-5,7,9H2,1-3H3;6-7,9,13H,4-5,8H2,1-3H3;2*6,8-9H,4-5,7H2,1-3H3;4,6H,5,7H2,1-3H3;4-5,14H,6H2,1-3H3;2*4-5H,6H2,1-3H3. The average molecular weight is 1660 g/mol. The first-order chi connectivity index (χ1) is 53.0. The molecule has 4 fully saturated rings. The maximum atomic E-state index is 11.9. The van der Waals surface area contributed by atoms with E-state index in [2.05, 4.69) is 130 Å². The summed E-state index contributed by atoms with van der Waals surface area (Å²) in [5.41, 5.74) is 6.64. The number of allylic oxidation sites excluding steroid dienone is 6. The summed E-state index contributed by atoms with van der Waals surface area (Å²) in [6, 6.07) is 10.7. The third-order valence-corrected chi connectivity index (χ3v) is 18.2. The first kappa shape index (κ1) is 98.8. The summed E-state index contributed by atoms with van der Waals surface area (Å²) in [6.45, 7) is 48.1. The minimum atomic E-state index is -4.34. The van der Waals surface area contributed by atoms with Crippen LogP contribution in [0.25, 0.3) is 0 Å². The van der Waals surface area contributed by atoms with E-state index in [4.69, 9.17) is 36.6 Å². The first-order valence-electron chi connectivity index (χ1n) is 39.8. The highest BCUT2D eigenvalue weighted by Gasteiger charge is 2.35. The van der Waals surface area contributed by atoms with Gasteiger partial charge in [-0.1, -0.05) is 178 Å². The van der Waals surface area contributed by atoms with Crippen LogP contribution in [0.15, 0.2) is 138 Å². The summed E-state index contributed by atoms with van der Waals surface area (Å²) in [5, 5.41) is 0. The first-order valence-corrected chi connectivity index (χ1v) is 39.8. The van der Waals surface area contributed by atoms with E-state index in [1.54, 1.807) is 24.7 Å². The van der Waals surface area contributed by atoms with Crippen LogP contribution in [0, 0.1) is 34.5 Å². The lowest BCUT2D eigenvalue weighted by atomic mass is 9.87. The van der Waals surface area contributed by atoms with Crippen molar-refractivity contribution >= 4 is 0 Å². The van der Waals surface area contributed by atoms with E-state index >= 15 is 0 Å². The molecule has 14 nitrogen and oxygen atoms in total. The second-order valence-electron chi connectivity index (χ2n) is 38.7. The molecule has 26 heteroatoms. The number of rotatable bonds is 20. The van der Waals surface area contributed by atoms with Gasteiger partial charge in [0.2, 0.25) is 0 Å². The number of furan rings is 4. The molecule has 0 saturated heterocycles. The van der Waals surface area contributed by atoms with Crippen LogP contribution >= 0.6 is 0 Å². The molecule has 0 aromatic carbocycles. The normalized spacial score (nSPS) is 16.1. The summed E-state index contributed by atoms with van der Waals surface area (Å²) in [6.07, 6.45) is 12.6. The van der Waals surface area contributed by atoms with Gasteiger partial charge in [0, 0.05) is 94.7 Å². The molecule has 0 bridgehead atoms. The van der Waals surface area contributed by atoms with E-state index in [-0.39, 0.29) is 60.8 Å². The van der Waals surface area contributed by atoms with Gasteiger partial charge in [-0.05, 0) is 131 Å². The summed E-state index contributed by atoms with van der Waals surface area (Å²) < 4.78 is 204. The minimum Gasteiger partial charge on any atom is -0.497 e. The molecule has 0 spiro atoms. The molecule has 656 valence electrons. The molecule has 2 N–H and O–H groups in total. The topological polar surface area (TPSA) is 158 Å². The fourth-order valence-corrected chi connectivity index (χ4v) is 9.83. The number of alkyl halides is 12. The monoisotopic (exact) mass is 1660 g/mol. The third kappa shape index (κ3) is 41.5. The Kier molecular flexibility index (Phi) is 34.7. The van der Waals surface area contributed by atoms with Crippen LogP contribution in [-0.4, -0.2) is 87.5 Å². The van der Waals surface area contributed by atoms with Crippen molar-refractivity contribution in [2.24, 2.45) is 34.5 Å². The second-order valence-corrected chi connectivity index (χ2v) is 38.7. The third-order valence-electron chi connectivity index (χ3n) is 18.2. The number of nitrogens with one attached hydrogen (secondary N) is 2. The largest absolute Gasteiger partial charge is 0.497 e. The molecule has 12 rings (SSSR count). The van der Waals surface area contributed by atoms with E-state index in [0.29, 0.717) is 23.9 Å². The fraction of sp³-hybridized carbons (Fsp3) is 0.644. The molecular formula is C90H130F12N2O12. The molecule has 116 heavy (non-hydrogen) atoms. The van der Waals surface area contributed by atoms with Crippen LogP contribution in [0.3, 0.4) is 0 Å². The maximum absolute atomic E-state index is 11.9. The Morgan fingerprint density at radius 3 is 0.905 bits per heavy atom. The molecule has 6 heterocycles. The zero-order valence-corrected chi connectivity index (χ0v) is 72.7. The summed E-state index contributed by atoms with van der Waals surface area (Å²) in [4.78, 5) is 6.15. The minimum absolute atomic E-state index is 0.0384. The van der Waals surface area contributed by atoms with Gasteiger partial charge >= 0.3 is 24.7 Å². The number of halogens is 12. The Balaban J connectivity index is 0.000000236. The number of aromatic amines is 2. The predicted molar refractivity (Wildman–Crippen MR) is 429 cm³/mol. The molecule has 6 aliphatic rings. The molecule has 6 aromatic heterocycles. The van der Waals surface area contributed by atoms with Gasteiger partial charge < -0.3 is 65.5 Å². The maximum Gasteiger partial charge on any atom is 0.422 e. The summed E-state index contributed by atoms with van der Waals surface area (Å²) in [5.74, 6) is 9.16. The van der Waals surface area contributed by atoms with Crippen molar-refractivity contribution in [1.82, 2.24) is 9.97 Å². The number of H-pyrrole nitrogens is 2. The molecule has 0 unspecified atom stereocenters. The van der Waals surface area contributed by atoms with Crippen LogP contribution in [0.1, 0.15) is 264 Å². The number of ether oxygens (including phenoxy) is 8. The number of hydrogen-bond donors (Lipinski definition) is 2. The highest BCUT2D eigenvalue weighted by molar-refractivity contribution is 5.36. The Labute approximate surface area is 680 Å². The zero-order valence-electron chi connectivity index (χ0n) is 72.7. The van der Waals surface area contributed by atoms with E-state index in [9.17, 15) is 52.7 Å². The van der Waals surface area contributed by atoms with Gasteiger partial charge in [0.25, 0.3) is 11.9 Å². The molecule has 4 saturated carbocycles. The van der Waals surface area contributed by atoms with Gasteiger partial charge in [0.05, 0.1) is 44.7 Å². The zero-order chi connectivity index (χ0) is 87.5. The molecule has 0 atom stereocenters. The smallest absolute Gasteiger partial charge is 0.422 e. The summed E-state index contributed by atoms with van der Waals surface area (Å²) in [7, 11) is 0. The Morgan fingerprint density at radius 2 is 0.603 bits per heavy atom. The van der Waals surface area contributed by atoms with Gasteiger partial charge in [-0.3, -0.25) is 0 Å². The van der Waals surface area contributed by atoms with Crippen molar-refractivity contribution in [2.45, 2.75) is 288 Å². The molecule has 0 amide bonds. The summed E-state index contributed by atoms with van der Waals surface area (Å²) >= 11 is 0. The fourth-order valence-electron chi connectivity index (χ4n) is 9.83. The van der Waals surface area contributed by atoms with Gasteiger partial charge in [0.15, 0.2) is 37.9 Å². The van der Waals surface area contributed by atoms with Crippen LogP contribution in [0.5, 0.6) is 34.9 Å². The van der Waals surface area contributed by atoms with Gasteiger partial charge in [-0.25, -0.2) is 0 Å². The van der Waals surface area contributed by atoms with E-state index in [1.165, 1.54) is 105 Å². The van der Waals surface area contributed by atoms with Gasteiger partial charge in [-0.2, -0.15) is 52.7 Å². The number of hydrogen-bond acceptors (Lipinski definition) is 12. The predicted octanol–water partition coefficient (Wildman–Crippen LogP) is 27.6. The van der Waals surface area contributed by atoms with Crippen LogP contribution in [0.4, 0.5) is 52.7 Å². The lowest BCUT2D eigenvalue weighted by Gasteiger charge is -2.18. The van der Waals surface area contributed by atoms with E-state index in [1.807, 2.05) is 107 Å². The molecular weight excluding hydrogens is 1530 g/mol. The Bertz CT molecular complexity index is 3680. The second kappa shape index (κ2) is 40.8. The van der Waals surface area contributed by atoms with Crippen molar-refractivity contribution in [2.75, 3.05) is 52.9 Å². The van der Waals surface area contributed by atoms with Crippen LogP contribution in [-0.2, 0) is 42.0 Å². The van der Waals surface area contributed by atoms with Gasteiger partial charge in [-0.15, -0.1) is 0 Å². The Hall–Kier alpha value is -7.80. The van der Waals surface area contributed by atoms with Gasteiger partial charge in [0.1, 0.15) is 41.3 Å². The molecule has 6 aromatic rings. The van der Waals surface area contributed by atoms with E-state index < -0.39 is 51.1 Å². The molecule has 0 radical (unpaired) electrons. The van der Waals surface area contributed by atoms with Crippen LogP contribution in [0.2, 0.25) is 0 Å². The highest BCUT2D eigenvalue weighted by Crippen LogP contribution is 2.40. The SMILES string of the molecule is CC(C)(C)C1=CCC(OCC(F)(F)F)=C1.CC(C)(C)C1=CCC(OCC2CC2)=C1.CC(C)(C)c1cc(OCC(F)(F)F)c[nH]1.CC(C)(C)c1cc(OCC(F)(F)F)co1.CC(C)(C)c1cc(OCC2CC2)c[nH]1.CC(C)(C)c1cc(OCC2CC2)co1.CC(C)(C)c1coc(OCC(F)(F)F)c1.CC(C)(C)c1coc(OCC2CC2)c1. The quantitative estimate of drug-likeness (QED) is 0.0698. The van der Waals surface area contributed by atoms with Crippen molar-refractivity contribution < 1.29 is 108 Å². The average Bonchev–Trinajstić information content (AvgIpc) is 1.74. The van der Waals surface area contributed by atoms with Crippen molar-refractivity contribution in [1.29, 1.82) is 0 Å². The lowest BCUT2D eigenvalue weighted by Crippen LogP contribution is -2.19. The number of aromatic nitrogens is 2. The van der Waals surface area contributed by atoms with Crippen molar-refractivity contribution in [3.8, 4) is 34.9 Å². The van der Waals surface area contributed by atoms with Crippen LogP contribution < -0.4 is 28.4 Å². The van der Waals surface area contributed by atoms with Crippen molar-refractivity contribution in [3.05, 3.63) is 155 Å². The molecule has 6 aliphatic carbocycles. The van der Waals surface area contributed by atoms with E-state index in [0.717, 1.165) is 90.6 Å². The van der Waals surface area contributed by atoms with Crippen molar-refractivity contribution in [3.63, 3.8) is 0 Å². The highest BCUT2D eigenvalue weighted by atomic mass is 19.4. The Morgan fingerprint density at radius 1 is 0.302 bits per heavy atom.